The van der Waals surface area contributed by atoms with Crippen molar-refractivity contribution in [2.24, 2.45) is 5.73 Å². The average molecular weight is 185 g/mol. The van der Waals surface area contributed by atoms with Crippen LogP contribution in [0.25, 0.3) is 0 Å². The van der Waals surface area contributed by atoms with Gasteiger partial charge < -0.3 is 5.73 Å². The quantitative estimate of drug-likeness (QED) is 0.765. The van der Waals surface area contributed by atoms with Gasteiger partial charge in [-0.25, -0.2) is 8.78 Å². The minimum Gasteiger partial charge on any atom is -0.366 e. The van der Waals surface area contributed by atoms with Gasteiger partial charge in [-0.15, -0.1) is 0 Å². The van der Waals surface area contributed by atoms with Crippen LogP contribution in [-0.2, 0) is 13.3 Å². The molecule has 0 fully saturated rings. The van der Waals surface area contributed by atoms with Gasteiger partial charge in [0.05, 0.1) is 0 Å². The highest BCUT2D eigenvalue weighted by molar-refractivity contribution is 5.93. The van der Waals surface area contributed by atoms with Crippen molar-refractivity contribution >= 4 is 5.91 Å². The first kappa shape index (κ1) is 9.64. The number of rotatable bonds is 3. The van der Waals surface area contributed by atoms with E-state index in [9.17, 15) is 13.6 Å². The van der Waals surface area contributed by atoms with Crippen LogP contribution >= 0.6 is 0 Å². The van der Waals surface area contributed by atoms with Crippen molar-refractivity contribution in [3.63, 3.8) is 0 Å². The Bertz CT molecular complexity index is 325. The summed E-state index contributed by atoms with van der Waals surface area (Å²) in [6.07, 6.45) is 0. The molecule has 0 aliphatic carbocycles. The van der Waals surface area contributed by atoms with Crippen molar-refractivity contribution in [1.82, 2.24) is 0 Å². The van der Waals surface area contributed by atoms with Gasteiger partial charge in [0, 0.05) is 5.56 Å². The van der Waals surface area contributed by atoms with E-state index < -0.39 is 19.3 Å². The van der Waals surface area contributed by atoms with Crippen LogP contribution in [0.3, 0.4) is 0 Å². The Labute approximate surface area is 74.4 Å². The maximum atomic E-state index is 12.3. The third-order valence-corrected chi connectivity index (χ3v) is 1.78. The maximum absolute atomic E-state index is 12.3. The third-order valence-electron chi connectivity index (χ3n) is 1.78. The van der Waals surface area contributed by atoms with Gasteiger partial charge in [0.2, 0.25) is 5.91 Å². The molecule has 0 atom stereocenters. The normalized spacial score (nSPS) is 10.0. The molecule has 0 heterocycles. The fourth-order valence-corrected chi connectivity index (χ4v) is 1.03. The number of benzene rings is 1. The first-order valence-corrected chi connectivity index (χ1v) is 3.72. The van der Waals surface area contributed by atoms with Crippen LogP contribution in [-0.4, -0.2) is 5.91 Å². The van der Waals surface area contributed by atoms with Crippen LogP contribution in [0.4, 0.5) is 8.78 Å². The van der Waals surface area contributed by atoms with Crippen LogP contribution in [0.15, 0.2) is 18.2 Å². The number of nitrogens with two attached hydrogens (primary N) is 1. The lowest BCUT2D eigenvalue weighted by atomic mass is 10.1. The highest BCUT2D eigenvalue weighted by Crippen LogP contribution is 2.14. The van der Waals surface area contributed by atoms with Crippen molar-refractivity contribution in [2.45, 2.75) is 13.3 Å². The molecular weight excluding hydrogens is 176 g/mol. The van der Waals surface area contributed by atoms with Gasteiger partial charge in [-0.3, -0.25) is 4.79 Å². The smallest absolute Gasteiger partial charge is 0.248 e. The summed E-state index contributed by atoms with van der Waals surface area (Å²) in [6, 6.07) is 4.03. The highest BCUT2D eigenvalue weighted by atomic mass is 19.1. The molecule has 1 amide bonds. The molecule has 1 aromatic rings. The number of primary amides is 1. The summed E-state index contributed by atoms with van der Waals surface area (Å²) in [5, 5.41) is 0. The molecule has 0 saturated heterocycles. The molecule has 4 heteroatoms. The molecule has 2 N–H and O–H groups in total. The van der Waals surface area contributed by atoms with E-state index in [-0.39, 0.29) is 16.7 Å². The average Bonchev–Trinajstić information content (AvgIpc) is 2.16. The Morgan fingerprint density at radius 3 is 2.31 bits per heavy atom. The van der Waals surface area contributed by atoms with Gasteiger partial charge >= 0.3 is 0 Å². The molecule has 0 bridgehead atoms. The van der Waals surface area contributed by atoms with Crippen LogP contribution in [0.2, 0.25) is 0 Å². The van der Waals surface area contributed by atoms with E-state index in [1.807, 2.05) is 0 Å². The van der Waals surface area contributed by atoms with E-state index in [0.717, 1.165) is 0 Å². The minimum absolute atomic E-state index is 0.179. The number of carbonyl (C=O) groups excluding carboxylic acids is 1. The molecule has 0 spiro atoms. The second kappa shape index (κ2) is 3.98. The lowest BCUT2D eigenvalue weighted by Crippen LogP contribution is -2.11. The van der Waals surface area contributed by atoms with E-state index in [2.05, 4.69) is 0 Å². The zero-order valence-electron chi connectivity index (χ0n) is 6.89. The topological polar surface area (TPSA) is 43.1 Å². The molecule has 0 unspecified atom stereocenters. The third kappa shape index (κ3) is 2.02. The van der Waals surface area contributed by atoms with Crippen molar-refractivity contribution < 1.29 is 13.6 Å². The van der Waals surface area contributed by atoms with Crippen molar-refractivity contribution in [3.05, 3.63) is 34.9 Å². The first-order chi connectivity index (χ1) is 6.19. The number of carbonyl (C=O) groups is 1. The summed E-state index contributed by atoms with van der Waals surface area (Å²) < 4.78 is 24.5. The van der Waals surface area contributed by atoms with Crippen molar-refractivity contribution in [3.8, 4) is 0 Å². The molecule has 1 aromatic carbocycles. The predicted octanol–water partition coefficient (Wildman–Crippen LogP) is 1.72. The Balaban J connectivity index is 3.13. The fraction of sp³-hybridized carbons (Fsp3) is 0.222. The lowest BCUT2D eigenvalue weighted by molar-refractivity contribution is 0.1000. The second-order valence-corrected chi connectivity index (χ2v) is 2.62. The molecule has 2 nitrogen and oxygen atoms in total. The zero-order chi connectivity index (χ0) is 9.84. The number of hydrogen-bond donors (Lipinski definition) is 1. The predicted molar refractivity (Wildman–Crippen MR) is 44.6 cm³/mol. The van der Waals surface area contributed by atoms with Crippen LogP contribution in [0.5, 0.6) is 0 Å². The monoisotopic (exact) mass is 185 g/mol. The Morgan fingerprint density at radius 1 is 1.23 bits per heavy atom. The maximum Gasteiger partial charge on any atom is 0.248 e. The minimum atomic E-state index is -0.791. The Kier molecular flexibility index (Phi) is 2.95. The molecule has 0 aliphatic heterocycles. The molecular formula is C9H9F2NO. The number of hydrogen-bond acceptors (Lipinski definition) is 1. The van der Waals surface area contributed by atoms with Crippen molar-refractivity contribution in [2.75, 3.05) is 0 Å². The lowest BCUT2D eigenvalue weighted by Gasteiger charge is -2.03. The fourth-order valence-electron chi connectivity index (χ4n) is 1.03. The second-order valence-electron chi connectivity index (χ2n) is 2.62. The number of alkyl halides is 2. The van der Waals surface area contributed by atoms with E-state index in [0.29, 0.717) is 0 Å². The van der Waals surface area contributed by atoms with Crippen molar-refractivity contribution in [1.29, 1.82) is 0 Å². The van der Waals surface area contributed by atoms with Gasteiger partial charge in [-0.05, 0) is 23.3 Å². The molecule has 1 rings (SSSR count). The molecule has 0 aliphatic rings. The zero-order valence-corrected chi connectivity index (χ0v) is 6.89. The largest absolute Gasteiger partial charge is 0.366 e. The van der Waals surface area contributed by atoms with Gasteiger partial charge in [-0.1, -0.05) is 6.07 Å². The standard InChI is InChI=1S/C9H9F2NO/c10-4-7-2-1-6(9(12)13)3-8(7)5-11/h1-3H,4-5H2,(H2,12,13). The SMILES string of the molecule is NC(=O)c1ccc(CF)c(CF)c1. The van der Waals surface area contributed by atoms with E-state index in [1.165, 1.54) is 18.2 Å². The first-order valence-electron chi connectivity index (χ1n) is 3.72. The Morgan fingerprint density at radius 2 is 1.85 bits per heavy atom. The molecule has 13 heavy (non-hydrogen) atoms. The molecule has 70 valence electrons. The number of halogens is 2. The van der Waals surface area contributed by atoms with Crippen LogP contribution < -0.4 is 5.73 Å². The van der Waals surface area contributed by atoms with Crippen LogP contribution in [0.1, 0.15) is 21.5 Å². The van der Waals surface area contributed by atoms with E-state index in [4.69, 9.17) is 5.73 Å². The van der Waals surface area contributed by atoms with E-state index in [1.54, 1.807) is 0 Å². The van der Waals surface area contributed by atoms with Gasteiger partial charge in [-0.2, -0.15) is 0 Å². The summed E-state index contributed by atoms with van der Waals surface area (Å²) in [5.74, 6) is -0.639. The number of amides is 1. The summed E-state index contributed by atoms with van der Waals surface area (Å²) >= 11 is 0. The van der Waals surface area contributed by atoms with Crippen LogP contribution in [0, 0.1) is 0 Å². The summed E-state index contributed by atoms with van der Waals surface area (Å²) in [4.78, 5) is 10.7. The van der Waals surface area contributed by atoms with Gasteiger partial charge in [0.25, 0.3) is 0 Å². The van der Waals surface area contributed by atoms with E-state index >= 15 is 0 Å². The highest BCUT2D eigenvalue weighted by Gasteiger charge is 2.06. The molecule has 0 saturated carbocycles. The molecule has 0 radical (unpaired) electrons. The summed E-state index contributed by atoms with van der Waals surface area (Å²) in [6.45, 7) is -1.53. The van der Waals surface area contributed by atoms with Gasteiger partial charge in [0.1, 0.15) is 13.3 Å². The Hall–Kier alpha value is -1.45. The summed E-state index contributed by atoms with van der Waals surface area (Å²) in [7, 11) is 0. The van der Waals surface area contributed by atoms with Gasteiger partial charge in [0.15, 0.2) is 0 Å². The summed E-state index contributed by atoms with van der Waals surface area (Å²) in [5.41, 5.74) is 5.61. The molecule has 0 aromatic heterocycles.